The summed E-state index contributed by atoms with van der Waals surface area (Å²) >= 11 is 1.40. The summed E-state index contributed by atoms with van der Waals surface area (Å²) < 4.78 is 42.7. The first-order chi connectivity index (χ1) is 17.3. The first-order valence-corrected chi connectivity index (χ1v) is 13.2. The van der Waals surface area contributed by atoms with Gasteiger partial charge in [0.15, 0.2) is 5.13 Å². The average Bonchev–Trinajstić information content (AvgIpc) is 3.29. The third kappa shape index (κ3) is 5.44. The van der Waals surface area contributed by atoms with Crippen LogP contribution in [0.5, 0.6) is 11.5 Å². The van der Waals surface area contributed by atoms with E-state index in [1.54, 1.807) is 24.3 Å². The smallest absolute Gasteiger partial charge is 0.238 e. The third-order valence-electron chi connectivity index (χ3n) is 5.27. The molecule has 0 unspecified atom stereocenters. The number of nitrogens with two attached hydrogens (primary N) is 1. The van der Waals surface area contributed by atoms with Crippen molar-refractivity contribution in [3.63, 3.8) is 0 Å². The summed E-state index contributed by atoms with van der Waals surface area (Å²) in [7, 11) is -3.80. The topological polar surface area (TPSA) is 94.3 Å². The number of halogens is 1. The van der Waals surface area contributed by atoms with Crippen molar-refractivity contribution in [2.45, 2.75) is 4.90 Å². The minimum absolute atomic E-state index is 0.0234. The highest BCUT2D eigenvalue weighted by Gasteiger charge is 2.17. The van der Waals surface area contributed by atoms with Gasteiger partial charge in [-0.15, -0.1) is 0 Å². The molecule has 0 atom stereocenters. The van der Waals surface area contributed by atoms with Gasteiger partial charge in [0.2, 0.25) is 10.0 Å². The van der Waals surface area contributed by atoms with E-state index < -0.39 is 10.0 Å². The van der Waals surface area contributed by atoms with Crippen molar-refractivity contribution in [2.75, 3.05) is 5.32 Å². The molecule has 3 N–H and O–H groups in total. The molecule has 36 heavy (non-hydrogen) atoms. The summed E-state index contributed by atoms with van der Waals surface area (Å²) in [5.41, 5.74) is 2.96. The summed E-state index contributed by atoms with van der Waals surface area (Å²) in [4.78, 5) is 5.58. The Morgan fingerprint density at radius 2 is 1.39 bits per heavy atom. The van der Waals surface area contributed by atoms with Gasteiger partial charge >= 0.3 is 0 Å². The Bertz CT molecular complexity index is 1590. The highest BCUT2D eigenvalue weighted by molar-refractivity contribution is 7.89. The van der Waals surface area contributed by atoms with Crippen LogP contribution >= 0.6 is 11.3 Å². The minimum atomic E-state index is -3.80. The number of nitrogens with one attached hydrogen (secondary N) is 1. The van der Waals surface area contributed by atoms with E-state index in [0.29, 0.717) is 16.6 Å². The van der Waals surface area contributed by atoms with E-state index in [-0.39, 0.29) is 10.7 Å². The van der Waals surface area contributed by atoms with Crippen molar-refractivity contribution < 1.29 is 17.5 Å². The van der Waals surface area contributed by atoms with Crippen LogP contribution in [0.4, 0.5) is 15.2 Å². The Morgan fingerprint density at radius 1 is 0.778 bits per heavy atom. The van der Waals surface area contributed by atoms with Crippen LogP contribution in [0.25, 0.3) is 21.7 Å². The lowest BCUT2D eigenvalue weighted by molar-refractivity contribution is 0.483. The Hall–Kier alpha value is -4.05. The monoisotopic (exact) mass is 517 g/mol. The van der Waals surface area contributed by atoms with Crippen LogP contribution < -0.4 is 15.2 Å². The van der Waals surface area contributed by atoms with Crippen LogP contribution in [0.15, 0.2) is 108 Å². The van der Waals surface area contributed by atoms with E-state index in [1.807, 2.05) is 54.6 Å². The summed E-state index contributed by atoms with van der Waals surface area (Å²) in [6, 6.07) is 29.3. The number of hydrogen-bond acceptors (Lipinski definition) is 6. The molecule has 0 aliphatic rings. The molecule has 9 heteroatoms. The van der Waals surface area contributed by atoms with Crippen LogP contribution in [-0.2, 0) is 10.0 Å². The van der Waals surface area contributed by atoms with E-state index in [0.717, 1.165) is 27.4 Å². The molecule has 0 spiro atoms. The van der Waals surface area contributed by atoms with Crippen LogP contribution in [0.3, 0.4) is 0 Å². The van der Waals surface area contributed by atoms with Crippen LogP contribution in [0.1, 0.15) is 0 Å². The van der Waals surface area contributed by atoms with Gasteiger partial charge in [-0.2, -0.15) is 0 Å². The number of primary sulfonamides is 1. The first kappa shape index (κ1) is 23.7. The maximum atomic E-state index is 13.5. The van der Waals surface area contributed by atoms with Gasteiger partial charge in [-0.25, -0.2) is 22.9 Å². The Morgan fingerprint density at radius 3 is 2.03 bits per heavy atom. The molecule has 0 fully saturated rings. The Balaban J connectivity index is 1.45. The number of hydrogen-bond donors (Lipinski definition) is 2. The number of anilines is 2. The molecule has 180 valence electrons. The number of para-hydroxylation sites is 1. The lowest BCUT2D eigenvalue weighted by Crippen LogP contribution is -2.11. The standard InChI is InChI=1S/C27H20FN3O3S2/c28-20-10-6-18(7-11-20)25-26(19-8-16-24(17-9-19)36(29,32)33)35-27(31-25)30-21-12-14-23(15-13-21)34-22-4-2-1-3-5-22/h1-17H,(H,30,31)(H2,29,32,33). The second-order valence-corrected chi connectivity index (χ2v) is 10.4. The Labute approximate surface area is 211 Å². The second kappa shape index (κ2) is 9.90. The fourth-order valence-electron chi connectivity index (χ4n) is 3.52. The van der Waals surface area contributed by atoms with Crippen LogP contribution in [0, 0.1) is 5.82 Å². The molecule has 0 aliphatic carbocycles. The van der Waals surface area contributed by atoms with E-state index in [9.17, 15) is 12.8 Å². The molecular formula is C27H20FN3O3S2. The highest BCUT2D eigenvalue weighted by Crippen LogP contribution is 2.40. The zero-order valence-electron chi connectivity index (χ0n) is 18.8. The summed E-state index contributed by atoms with van der Waals surface area (Å²) in [5.74, 6) is 1.11. The number of nitrogens with zero attached hydrogens (tertiary/aromatic N) is 1. The van der Waals surface area contributed by atoms with Crippen molar-refractivity contribution in [1.29, 1.82) is 0 Å². The largest absolute Gasteiger partial charge is 0.457 e. The molecule has 0 amide bonds. The molecule has 1 aromatic heterocycles. The molecule has 0 radical (unpaired) electrons. The molecule has 0 bridgehead atoms. The summed E-state index contributed by atoms with van der Waals surface area (Å²) in [5, 5.41) is 9.16. The second-order valence-electron chi connectivity index (χ2n) is 7.84. The molecule has 0 saturated carbocycles. The summed E-state index contributed by atoms with van der Waals surface area (Å²) in [6.07, 6.45) is 0. The number of ether oxygens (including phenoxy) is 1. The molecule has 4 aromatic carbocycles. The maximum Gasteiger partial charge on any atom is 0.238 e. The summed E-state index contributed by atoms with van der Waals surface area (Å²) in [6.45, 7) is 0. The molecular weight excluding hydrogens is 497 g/mol. The average molecular weight is 518 g/mol. The molecule has 5 rings (SSSR count). The number of sulfonamides is 1. The SMILES string of the molecule is NS(=O)(=O)c1ccc(-c2sc(Nc3ccc(Oc4ccccc4)cc3)nc2-c2ccc(F)cc2)cc1. The lowest BCUT2D eigenvalue weighted by Gasteiger charge is -2.07. The van der Waals surface area contributed by atoms with E-state index in [4.69, 9.17) is 14.9 Å². The van der Waals surface area contributed by atoms with Crippen LogP contribution in [-0.4, -0.2) is 13.4 Å². The fourth-order valence-corrected chi connectivity index (χ4v) is 5.05. The first-order valence-electron chi connectivity index (χ1n) is 10.9. The van der Waals surface area contributed by atoms with Crippen molar-refractivity contribution >= 4 is 32.2 Å². The van der Waals surface area contributed by atoms with E-state index >= 15 is 0 Å². The van der Waals surface area contributed by atoms with E-state index in [2.05, 4.69) is 5.32 Å². The lowest BCUT2D eigenvalue weighted by atomic mass is 10.1. The van der Waals surface area contributed by atoms with Gasteiger partial charge in [-0.1, -0.05) is 41.7 Å². The van der Waals surface area contributed by atoms with Gasteiger partial charge in [-0.05, 0) is 78.4 Å². The molecule has 1 heterocycles. The van der Waals surface area contributed by atoms with Crippen LogP contribution in [0.2, 0.25) is 0 Å². The predicted molar refractivity (Wildman–Crippen MR) is 141 cm³/mol. The minimum Gasteiger partial charge on any atom is -0.457 e. The predicted octanol–water partition coefficient (Wildman–Crippen LogP) is 6.80. The zero-order chi connectivity index (χ0) is 25.1. The number of benzene rings is 4. The molecule has 5 aromatic rings. The van der Waals surface area contributed by atoms with Gasteiger partial charge < -0.3 is 10.1 Å². The zero-order valence-corrected chi connectivity index (χ0v) is 20.4. The van der Waals surface area contributed by atoms with Gasteiger partial charge in [-0.3, -0.25) is 0 Å². The van der Waals surface area contributed by atoms with Gasteiger partial charge in [0.25, 0.3) is 0 Å². The Kier molecular flexibility index (Phi) is 6.51. The maximum absolute atomic E-state index is 13.5. The van der Waals surface area contributed by atoms with Gasteiger partial charge in [0.1, 0.15) is 17.3 Å². The van der Waals surface area contributed by atoms with Crippen molar-refractivity contribution in [3.05, 3.63) is 109 Å². The van der Waals surface area contributed by atoms with Crippen molar-refractivity contribution in [2.24, 2.45) is 5.14 Å². The number of rotatable bonds is 7. The number of aromatic nitrogens is 1. The third-order valence-corrected chi connectivity index (χ3v) is 7.22. The normalized spacial score (nSPS) is 11.3. The highest BCUT2D eigenvalue weighted by atomic mass is 32.2. The van der Waals surface area contributed by atoms with Crippen molar-refractivity contribution in [3.8, 4) is 33.2 Å². The van der Waals surface area contributed by atoms with Gasteiger partial charge in [0.05, 0.1) is 15.5 Å². The molecule has 0 aliphatic heterocycles. The van der Waals surface area contributed by atoms with Crippen molar-refractivity contribution in [1.82, 2.24) is 4.98 Å². The van der Waals surface area contributed by atoms with Gasteiger partial charge in [0, 0.05) is 11.3 Å². The number of thiazole rings is 1. The quantitative estimate of drug-likeness (QED) is 0.248. The van der Waals surface area contributed by atoms with E-state index in [1.165, 1.54) is 35.6 Å². The fraction of sp³-hybridized carbons (Fsp3) is 0. The molecule has 0 saturated heterocycles. The molecule has 6 nitrogen and oxygen atoms in total.